The fourth-order valence-corrected chi connectivity index (χ4v) is 2.26. The molecule has 0 unspecified atom stereocenters. The highest BCUT2D eigenvalue weighted by Crippen LogP contribution is 2.28. The Labute approximate surface area is 120 Å². The summed E-state index contributed by atoms with van der Waals surface area (Å²) in [5, 5.41) is 17.2. The molecule has 0 bridgehead atoms. The second kappa shape index (κ2) is 8.18. The summed E-state index contributed by atoms with van der Waals surface area (Å²) in [6.07, 6.45) is 3.17. The van der Waals surface area contributed by atoms with Crippen LogP contribution in [0.3, 0.4) is 0 Å². The van der Waals surface area contributed by atoms with Crippen LogP contribution in [0, 0.1) is 33.5 Å². The second-order valence-electron chi connectivity index (χ2n) is 5.44. The predicted molar refractivity (Wildman–Crippen MR) is 74.3 cm³/mol. The lowest BCUT2D eigenvalue weighted by molar-refractivity contribution is 0.0233. The molecule has 0 saturated carbocycles. The van der Waals surface area contributed by atoms with E-state index in [0.29, 0.717) is 39.1 Å². The van der Waals surface area contributed by atoms with Gasteiger partial charge in [-0.05, 0) is 31.3 Å². The van der Waals surface area contributed by atoms with E-state index in [-0.39, 0.29) is 5.41 Å². The van der Waals surface area contributed by atoms with Gasteiger partial charge in [0.25, 0.3) is 0 Å². The lowest BCUT2D eigenvalue weighted by atomic mass is 9.80. The van der Waals surface area contributed by atoms with Gasteiger partial charge in [-0.1, -0.05) is 0 Å². The Morgan fingerprint density at radius 2 is 1.20 bits per heavy atom. The van der Waals surface area contributed by atoms with Gasteiger partial charge in [0.15, 0.2) is 0 Å². The molecule has 2 heterocycles. The lowest BCUT2D eigenvalue weighted by Crippen LogP contribution is -2.42. The average molecular weight is 280 g/mol. The van der Waals surface area contributed by atoms with Crippen LogP contribution in [0.5, 0.6) is 0 Å². The molecular weight excluding hydrogens is 256 g/mol. The van der Waals surface area contributed by atoms with E-state index in [1.54, 1.807) is 0 Å². The van der Waals surface area contributed by atoms with Gasteiger partial charge in [0.2, 0.25) is 0 Å². The molecule has 6 heteroatoms. The third-order valence-electron chi connectivity index (χ3n) is 4.19. The van der Waals surface area contributed by atoms with Crippen molar-refractivity contribution in [3.05, 3.63) is 0 Å². The first-order chi connectivity index (χ1) is 9.66. The van der Waals surface area contributed by atoms with Gasteiger partial charge in [-0.15, -0.1) is 0 Å². The van der Waals surface area contributed by atoms with E-state index < -0.39 is 5.41 Å². The molecule has 6 nitrogen and oxygen atoms in total. The van der Waals surface area contributed by atoms with Crippen molar-refractivity contribution in [2.75, 3.05) is 39.5 Å². The normalized spacial score (nSPS) is 23.6. The van der Waals surface area contributed by atoms with E-state index in [0.717, 1.165) is 26.1 Å². The van der Waals surface area contributed by atoms with Gasteiger partial charge >= 0.3 is 0 Å². The number of hydrogen-bond donors (Lipinski definition) is 2. The van der Waals surface area contributed by atoms with Crippen molar-refractivity contribution < 1.29 is 9.47 Å². The number of nitriles is 2. The predicted octanol–water partition coefficient (Wildman–Crippen LogP) is 0.531. The highest BCUT2D eigenvalue weighted by Gasteiger charge is 2.32. The molecule has 0 spiro atoms. The lowest BCUT2D eigenvalue weighted by Gasteiger charge is -2.34. The molecule has 0 aromatic carbocycles. The van der Waals surface area contributed by atoms with Crippen molar-refractivity contribution in [2.45, 2.75) is 25.7 Å². The molecule has 0 radical (unpaired) electrons. The summed E-state index contributed by atoms with van der Waals surface area (Å²) in [5.74, 6) is 0. The Morgan fingerprint density at radius 1 is 0.800 bits per heavy atom. The summed E-state index contributed by atoms with van der Waals surface area (Å²) in [6, 6.07) is 4.05. The van der Waals surface area contributed by atoms with Crippen molar-refractivity contribution >= 4 is 0 Å². The highest BCUT2D eigenvalue weighted by atomic mass is 16.5. The molecule has 0 aliphatic carbocycles. The molecule has 2 fully saturated rings. The molecule has 4 N–H and O–H groups in total. The smallest absolute Gasteiger partial charge is 0.148 e. The van der Waals surface area contributed by atoms with Crippen molar-refractivity contribution in [1.82, 2.24) is 0 Å². The molecule has 2 aliphatic heterocycles. The fourth-order valence-electron chi connectivity index (χ4n) is 2.26. The summed E-state index contributed by atoms with van der Waals surface area (Å²) in [5.41, 5.74) is 10.7. The van der Waals surface area contributed by atoms with E-state index in [4.69, 9.17) is 31.5 Å². The molecule has 20 heavy (non-hydrogen) atoms. The first-order valence-corrected chi connectivity index (χ1v) is 7.04. The Hall–Kier alpha value is -1.18. The summed E-state index contributed by atoms with van der Waals surface area (Å²) < 4.78 is 10.2. The monoisotopic (exact) mass is 280 g/mol. The van der Waals surface area contributed by atoms with Crippen LogP contribution in [0.2, 0.25) is 0 Å². The third-order valence-corrected chi connectivity index (χ3v) is 4.19. The van der Waals surface area contributed by atoms with Crippen molar-refractivity contribution in [1.29, 1.82) is 10.5 Å². The van der Waals surface area contributed by atoms with Gasteiger partial charge in [-0.25, -0.2) is 0 Å². The first kappa shape index (κ1) is 16.9. The quantitative estimate of drug-likeness (QED) is 0.761. The van der Waals surface area contributed by atoms with Crippen LogP contribution in [0.4, 0.5) is 0 Å². The maximum atomic E-state index is 8.61. The molecule has 2 aliphatic rings. The van der Waals surface area contributed by atoms with Crippen LogP contribution in [-0.2, 0) is 9.47 Å². The molecule has 0 aromatic heterocycles. The van der Waals surface area contributed by atoms with E-state index in [9.17, 15) is 0 Å². The zero-order valence-electron chi connectivity index (χ0n) is 11.9. The number of nitrogens with zero attached hydrogens (tertiary/aromatic N) is 2. The molecule has 112 valence electrons. The SMILES string of the molecule is N#CC1(C#N)CCOCC1.NCC1(CN)CCOCC1. The van der Waals surface area contributed by atoms with Crippen LogP contribution in [0.1, 0.15) is 25.7 Å². The minimum absolute atomic E-state index is 0.193. The molecular formula is C14H24N4O2. The van der Waals surface area contributed by atoms with Crippen molar-refractivity contribution in [3.8, 4) is 12.1 Å². The average Bonchev–Trinajstić information content (AvgIpc) is 2.56. The minimum Gasteiger partial charge on any atom is -0.381 e. The number of rotatable bonds is 2. The summed E-state index contributed by atoms with van der Waals surface area (Å²) in [7, 11) is 0. The maximum Gasteiger partial charge on any atom is 0.148 e. The topological polar surface area (TPSA) is 118 Å². The molecule has 0 aromatic rings. The maximum absolute atomic E-state index is 8.61. The van der Waals surface area contributed by atoms with Crippen LogP contribution >= 0.6 is 0 Å². The highest BCUT2D eigenvalue weighted by molar-refractivity contribution is 5.14. The summed E-state index contributed by atoms with van der Waals surface area (Å²) >= 11 is 0. The van der Waals surface area contributed by atoms with Crippen LogP contribution in [-0.4, -0.2) is 39.5 Å². The van der Waals surface area contributed by atoms with Crippen LogP contribution in [0.15, 0.2) is 0 Å². The molecule has 0 amide bonds. The van der Waals surface area contributed by atoms with Crippen LogP contribution in [0.25, 0.3) is 0 Å². The zero-order valence-corrected chi connectivity index (χ0v) is 11.9. The van der Waals surface area contributed by atoms with E-state index in [2.05, 4.69) is 0 Å². The summed E-state index contributed by atoms with van der Waals surface area (Å²) in [6.45, 7) is 4.14. The van der Waals surface area contributed by atoms with Crippen molar-refractivity contribution in [2.24, 2.45) is 22.3 Å². The number of nitrogens with two attached hydrogens (primary N) is 2. The van der Waals surface area contributed by atoms with Gasteiger partial charge in [0.05, 0.1) is 12.1 Å². The van der Waals surface area contributed by atoms with Gasteiger partial charge in [-0.2, -0.15) is 10.5 Å². The van der Waals surface area contributed by atoms with Crippen LogP contribution < -0.4 is 11.5 Å². The molecule has 0 atom stereocenters. The molecule has 2 saturated heterocycles. The Morgan fingerprint density at radius 3 is 1.45 bits per heavy atom. The van der Waals surface area contributed by atoms with E-state index in [1.165, 1.54) is 0 Å². The summed E-state index contributed by atoms with van der Waals surface area (Å²) in [4.78, 5) is 0. The second-order valence-corrected chi connectivity index (χ2v) is 5.44. The number of hydrogen-bond acceptors (Lipinski definition) is 6. The van der Waals surface area contributed by atoms with Gasteiger partial charge in [0, 0.05) is 39.3 Å². The minimum atomic E-state index is -0.752. The van der Waals surface area contributed by atoms with Gasteiger partial charge in [-0.3, -0.25) is 0 Å². The van der Waals surface area contributed by atoms with Crippen molar-refractivity contribution in [3.63, 3.8) is 0 Å². The number of ether oxygens (including phenoxy) is 2. The van der Waals surface area contributed by atoms with Gasteiger partial charge < -0.3 is 20.9 Å². The van der Waals surface area contributed by atoms with Gasteiger partial charge in [0.1, 0.15) is 5.41 Å². The standard InChI is InChI=1S/C7H16N2O.C7H8N2O/c2*8-5-7(6-9)1-3-10-4-2-7/h1-6,8-9H2;1-4H2. The Kier molecular flexibility index (Phi) is 6.90. The largest absolute Gasteiger partial charge is 0.381 e. The first-order valence-electron chi connectivity index (χ1n) is 7.04. The van der Waals surface area contributed by atoms with E-state index >= 15 is 0 Å². The van der Waals surface area contributed by atoms with E-state index in [1.807, 2.05) is 12.1 Å². The Balaban J connectivity index is 0.000000200. The molecule has 2 rings (SSSR count). The fraction of sp³-hybridized carbons (Fsp3) is 0.857. The zero-order chi connectivity index (χ0) is 14.9. The Bertz CT molecular complexity index is 338. The third kappa shape index (κ3) is 4.43.